The standard InChI is InChI=1S/C13H21N3O4S/c1-2-3-4-7-5-16(13(21)15-11(7)14)12-10(19)9(18)8(6-17)20-12/h5,8-10,12,17-19H,2-4,6H2,1H3,(H2,14,15,21)/t8-,9-,10+,12-/m1/s1. The van der Waals surface area contributed by atoms with E-state index < -0.39 is 24.5 Å². The predicted octanol–water partition coefficient (Wildman–Crippen LogP) is 0.149. The molecule has 0 amide bonds. The van der Waals surface area contributed by atoms with Crippen LogP contribution in [-0.4, -0.2) is 49.8 Å². The number of nitrogen functional groups attached to an aromatic ring is 1. The summed E-state index contributed by atoms with van der Waals surface area (Å²) < 4.78 is 7.12. The smallest absolute Gasteiger partial charge is 0.203 e. The highest BCUT2D eigenvalue weighted by Gasteiger charge is 2.43. The van der Waals surface area contributed by atoms with Gasteiger partial charge in [-0.05, 0) is 25.1 Å². The summed E-state index contributed by atoms with van der Waals surface area (Å²) in [4.78, 5) is 4.10. The molecule has 21 heavy (non-hydrogen) atoms. The second-order valence-corrected chi connectivity index (χ2v) is 5.54. The maximum atomic E-state index is 10.1. The number of rotatable bonds is 5. The third kappa shape index (κ3) is 3.24. The summed E-state index contributed by atoms with van der Waals surface area (Å²) >= 11 is 5.15. The lowest BCUT2D eigenvalue weighted by Gasteiger charge is -2.20. The van der Waals surface area contributed by atoms with Gasteiger partial charge in [-0.25, -0.2) is 4.98 Å². The highest BCUT2D eigenvalue weighted by molar-refractivity contribution is 7.71. The van der Waals surface area contributed by atoms with Crippen molar-refractivity contribution in [2.45, 2.75) is 50.7 Å². The van der Waals surface area contributed by atoms with Crippen molar-refractivity contribution in [2.75, 3.05) is 12.3 Å². The van der Waals surface area contributed by atoms with Gasteiger partial charge in [-0.15, -0.1) is 0 Å². The number of unbranched alkanes of at least 4 members (excludes halogenated alkanes) is 1. The van der Waals surface area contributed by atoms with Gasteiger partial charge in [0.1, 0.15) is 24.1 Å². The van der Waals surface area contributed by atoms with E-state index in [-0.39, 0.29) is 11.4 Å². The van der Waals surface area contributed by atoms with Crippen molar-refractivity contribution in [3.8, 4) is 0 Å². The molecule has 1 saturated heterocycles. The highest BCUT2D eigenvalue weighted by atomic mass is 32.1. The summed E-state index contributed by atoms with van der Waals surface area (Å²) in [5, 5.41) is 29.0. The van der Waals surface area contributed by atoms with Gasteiger partial charge in [-0.3, -0.25) is 4.57 Å². The van der Waals surface area contributed by atoms with Crippen molar-refractivity contribution in [3.63, 3.8) is 0 Å². The van der Waals surface area contributed by atoms with E-state index in [9.17, 15) is 10.2 Å². The highest BCUT2D eigenvalue weighted by Crippen LogP contribution is 2.30. The summed E-state index contributed by atoms with van der Waals surface area (Å²) in [5.41, 5.74) is 6.68. The first-order valence-electron chi connectivity index (χ1n) is 6.99. The molecule has 0 bridgehead atoms. The average Bonchev–Trinajstić information content (AvgIpc) is 2.74. The van der Waals surface area contributed by atoms with Gasteiger partial charge < -0.3 is 25.8 Å². The molecule has 1 fully saturated rings. The Kier molecular flexibility index (Phi) is 5.28. The van der Waals surface area contributed by atoms with Crippen LogP contribution in [0.25, 0.3) is 0 Å². The van der Waals surface area contributed by atoms with Gasteiger partial charge in [0.2, 0.25) is 4.77 Å². The lowest BCUT2D eigenvalue weighted by molar-refractivity contribution is -0.0541. The molecule has 2 rings (SSSR count). The van der Waals surface area contributed by atoms with Crippen LogP contribution in [-0.2, 0) is 11.2 Å². The number of anilines is 1. The number of hydrogen-bond donors (Lipinski definition) is 4. The Balaban J connectivity index is 2.33. The molecule has 1 aliphatic rings. The Morgan fingerprint density at radius 3 is 2.71 bits per heavy atom. The average molecular weight is 315 g/mol. The van der Waals surface area contributed by atoms with Crippen LogP contribution in [0.2, 0.25) is 0 Å². The summed E-state index contributed by atoms with van der Waals surface area (Å²) in [6.07, 6.45) is 0.362. The van der Waals surface area contributed by atoms with Gasteiger partial charge in [0, 0.05) is 11.8 Å². The van der Waals surface area contributed by atoms with E-state index in [4.69, 9.17) is 27.8 Å². The predicted molar refractivity (Wildman–Crippen MR) is 79.1 cm³/mol. The minimum Gasteiger partial charge on any atom is -0.394 e. The fourth-order valence-electron chi connectivity index (χ4n) is 2.37. The van der Waals surface area contributed by atoms with Crippen molar-refractivity contribution >= 4 is 18.0 Å². The van der Waals surface area contributed by atoms with Crippen LogP contribution in [0.4, 0.5) is 5.82 Å². The molecule has 7 nitrogen and oxygen atoms in total. The van der Waals surface area contributed by atoms with Gasteiger partial charge in [-0.1, -0.05) is 13.3 Å². The van der Waals surface area contributed by atoms with E-state index in [0.717, 1.165) is 24.8 Å². The molecular weight excluding hydrogens is 294 g/mol. The lowest BCUT2D eigenvalue weighted by atomic mass is 10.1. The normalized spacial score (nSPS) is 29.0. The van der Waals surface area contributed by atoms with Crippen LogP contribution in [0.5, 0.6) is 0 Å². The number of hydrogen-bond acceptors (Lipinski definition) is 7. The molecule has 0 unspecified atom stereocenters. The molecule has 1 aromatic rings. The molecular formula is C13H21N3O4S. The molecule has 1 aliphatic heterocycles. The summed E-state index contributed by atoms with van der Waals surface area (Å²) in [6, 6.07) is 0. The van der Waals surface area contributed by atoms with Crippen molar-refractivity contribution in [3.05, 3.63) is 16.5 Å². The fourth-order valence-corrected chi connectivity index (χ4v) is 2.63. The summed E-state index contributed by atoms with van der Waals surface area (Å²) in [5.74, 6) is 0.372. The molecule has 0 saturated carbocycles. The first kappa shape index (κ1) is 16.3. The molecule has 5 N–H and O–H groups in total. The molecule has 0 spiro atoms. The van der Waals surface area contributed by atoms with Gasteiger partial charge in [0.25, 0.3) is 0 Å². The van der Waals surface area contributed by atoms with E-state index in [1.165, 1.54) is 4.57 Å². The van der Waals surface area contributed by atoms with Crippen LogP contribution in [0.3, 0.4) is 0 Å². The van der Waals surface area contributed by atoms with Crippen molar-refractivity contribution in [1.82, 2.24) is 9.55 Å². The summed E-state index contributed by atoms with van der Waals surface area (Å²) in [7, 11) is 0. The maximum absolute atomic E-state index is 10.1. The second kappa shape index (κ2) is 6.80. The molecule has 2 heterocycles. The first-order chi connectivity index (χ1) is 9.99. The quantitative estimate of drug-likeness (QED) is 0.572. The van der Waals surface area contributed by atoms with Crippen LogP contribution in [0.1, 0.15) is 31.6 Å². The molecule has 4 atom stereocenters. The number of aryl methyl sites for hydroxylation is 1. The topological polar surface area (TPSA) is 114 Å². The number of aliphatic hydroxyl groups excluding tert-OH is 3. The van der Waals surface area contributed by atoms with E-state index in [0.29, 0.717) is 5.82 Å². The molecule has 0 radical (unpaired) electrons. The van der Waals surface area contributed by atoms with Crippen LogP contribution in [0.15, 0.2) is 6.20 Å². The Morgan fingerprint density at radius 1 is 1.43 bits per heavy atom. The van der Waals surface area contributed by atoms with Gasteiger partial charge in [0.15, 0.2) is 6.23 Å². The minimum atomic E-state index is -1.18. The van der Waals surface area contributed by atoms with Crippen LogP contribution in [0, 0.1) is 4.77 Å². The van der Waals surface area contributed by atoms with Crippen molar-refractivity contribution in [2.24, 2.45) is 0 Å². The number of nitrogens with zero attached hydrogens (tertiary/aromatic N) is 2. The van der Waals surface area contributed by atoms with E-state index in [1.54, 1.807) is 6.20 Å². The Morgan fingerprint density at radius 2 is 2.14 bits per heavy atom. The fraction of sp³-hybridized carbons (Fsp3) is 0.692. The second-order valence-electron chi connectivity index (χ2n) is 5.17. The largest absolute Gasteiger partial charge is 0.394 e. The Labute approximate surface area is 128 Å². The van der Waals surface area contributed by atoms with E-state index in [1.807, 2.05) is 0 Å². The minimum absolute atomic E-state index is 0.169. The zero-order valence-corrected chi connectivity index (χ0v) is 12.7. The Hall–Kier alpha value is -1.06. The van der Waals surface area contributed by atoms with Crippen molar-refractivity contribution < 1.29 is 20.1 Å². The lowest BCUT2D eigenvalue weighted by Crippen LogP contribution is -2.33. The monoisotopic (exact) mass is 315 g/mol. The number of ether oxygens (including phenoxy) is 1. The van der Waals surface area contributed by atoms with E-state index in [2.05, 4.69) is 11.9 Å². The maximum Gasteiger partial charge on any atom is 0.203 e. The van der Waals surface area contributed by atoms with E-state index >= 15 is 0 Å². The SMILES string of the molecule is CCCCc1cn([C@@H]2O[C@H](CO)[C@@H](O)[C@@H]2O)c(=S)nc1N. The first-order valence-corrected chi connectivity index (χ1v) is 7.40. The third-order valence-electron chi connectivity index (χ3n) is 3.65. The zero-order valence-electron chi connectivity index (χ0n) is 11.8. The molecule has 8 heteroatoms. The molecule has 0 aliphatic carbocycles. The van der Waals surface area contributed by atoms with Crippen LogP contribution >= 0.6 is 12.2 Å². The Bertz CT molecular complexity index is 551. The van der Waals surface area contributed by atoms with Gasteiger partial charge in [0.05, 0.1) is 6.61 Å². The molecule has 0 aromatic carbocycles. The molecule has 118 valence electrons. The van der Waals surface area contributed by atoms with Crippen LogP contribution < -0.4 is 5.73 Å². The third-order valence-corrected chi connectivity index (χ3v) is 3.95. The number of aromatic nitrogens is 2. The zero-order chi connectivity index (χ0) is 15.6. The van der Waals surface area contributed by atoms with Gasteiger partial charge in [-0.2, -0.15) is 0 Å². The van der Waals surface area contributed by atoms with Gasteiger partial charge >= 0.3 is 0 Å². The molecule has 1 aromatic heterocycles. The number of nitrogens with two attached hydrogens (primary N) is 1. The van der Waals surface area contributed by atoms with Crippen molar-refractivity contribution in [1.29, 1.82) is 0 Å². The summed E-state index contributed by atoms with van der Waals surface area (Å²) in [6.45, 7) is 1.69. The number of aliphatic hydroxyl groups is 3.